The summed E-state index contributed by atoms with van der Waals surface area (Å²) >= 11 is 0. The van der Waals surface area contributed by atoms with Crippen LogP contribution >= 0.6 is 0 Å². The molecule has 4 heteroatoms. The maximum Gasteiger partial charge on any atom is 0.417 e. The molecular weight excluding hydrogens is 216 g/mol. The average molecular weight is 232 g/mol. The number of carbonyl (C=O) groups is 1. The Kier molecular flexibility index (Phi) is 2.45. The molecule has 0 aliphatic heterocycles. The molecule has 0 saturated carbocycles. The first-order valence-electron chi connectivity index (χ1n) is 5.54. The normalized spacial score (nSPS) is 12.0. The topological polar surface area (TPSA) is 55.1 Å². The number of hydrogen-bond donors (Lipinski definition) is 1. The fourth-order valence-electron chi connectivity index (χ4n) is 1.94. The molecule has 0 aliphatic carbocycles. The highest BCUT2D eigenvalue weighted by atomic mass is 16.4. The van der Waals surface area contributed by atoms with Crippen molar-refractivity contribution in [3.8, 4) is 0 Å². The van der Waals surface area contributed by atoms with Gasteiger partial charge < -0.3 is 5.11 Å². The van der Waals surface area contributed by atoms with E-state index in [4.69, 9.17) is 0 Å². The second-order valence-corrected chi connectivity index (χ2v) is 5.25. The molecule has 0 amide bonds. The Morgan fingerprint density at radius 3 is 2.53 bits per heavy atom. The SMILES string of the molecule is Cc1cccc2c1nc(C(C)(C)C)n2C(=O)O. The lowest BCUT2D eigenvalue weighted by Crippen LogP contribution is -2.22. The van der Waals surface area contributed by atoms with Gasteiger partial charge in [0.1, 0.15) is 5.82 Å². The summed E-state index contributed by atoms with van der Waals surface area (Å²) in [4.78, 5) is 15.9. The molecule has 2 aromatic rings. The first-order chi connectivity index (χ1) is 7.82. The number of nitrogens with zero attached hydrogens (tertiary/aromatic N) is 2. The van der Waals surface area contributed by atoms with Crippen molar-refractivity contribution < 1.29 is 9.90 Å². The molecule has 1 aromatic heterocycles. The van der Waals surface area contributed by atoms with Gasteiger partial charge in [-0.1, -0.05) is 32.9 Å². The molecule has 1 heterocycles. The van der Waals surface area contributed by atoms with Crippen LogP contribution in [-0.4, -0.2) is 20.8 Å². The Hall–Kier alpha value is -1.84. The molecule has 1 aromatic carbocycles. The lowest BCUT2D eigenvalue weighted by atomic mass is 9.96. The van der Waals surface area contributed by atoms with Gasteiger partial charge in [0.05, 0.1) is 11.0 Å². The zero-order valence-corrected chi connectivity index (χ0v) is 10.5. The standard InChI is InChI=1S/C13H16N2O2/c1-8-6-5-7-9-10(8)14-11(13(2,3)4)15(9)12(16)17/h5-7H,1-4H3,(H,16,17). The molecule has 4 nitrogen and oxygen atoms in total. The molecule has 1 N–H and O–H groups in total. The van der Waals surface area contributed by atoms with Gasteiger partial charge in [0, 0.05) is 5.41 Å². The number of benzene rings is 1. The Balaban J connectivity index is 2.90. The zero-order valence-electron chi connectivity index (χ0n) is 10.5. The minimum Gasteiger partial charge on any atom is -0.464 e. The Morgan fingerprint density at radius 2 is 2.00 bits per heavy atom. The van der Waals surface area contributed by atoms with Crippen molar-refractivity contribution >= 4 is 17.1 Å². The minimum absolute atomic E-state index is 0.302. The van der Waals surface area contributed by atoms with Crippen molar-refractivity contribution in [1.29, 1.82) is 0 Å². The maximum absolute atomic E-state index is 11.4. The van der Waals surface area contributed by atoms with Crippen molar-refractivity contribution in [3.63, 3.8) is 0 Å². The average Bonchev–Trinajstić information content (AvgIpc) is 2.57. The molecule has 0 spiro atoms. The summed E-state index contributed by atoms with van der Waals surface area (Å²) in [5.74, 6) is 0.578. The van der Waals surface area contributed by atoms with Crippen molar-refractivity contribution in [2.75, 3.05) is 0 Å². The zero-order chi connectivity index (χ0) is 12.8. The van der Waals surface area contributed by atoms with Crippen LogP contribution in [-0.2, 0) is 5.41 Å². The van der Waals surface area contributed by atoms with E-state index >= 15 is 0 Å². The molecule has 0 fully saturated rings. The molecule has 17 heavy (non-hydrogen) atoms. The number of fused-ring (bicyclic) bond motifs is 1. The summed E-state index contributed by atoms with van der Waals surface area (Å²) < 4.78 is 1.28. The predicted octanol–water partition coefficient (Wildman–Crippen LogP) is 3.17. The smallest absolute Gasteiger partial charge is 0.417 e. The van der Waals surface area contributed by atoms with E-state index in [0.29, 0.717) is 11.3 Å². The number of para-hydroxylation sites is 1. The van der Waals surface area contributed by atoms with E-state index in [2.05, 4.69) is 4.98 Å². The molecule has 0 bridgehead atoms. The first-order valence-corrected chi connectivity index (χ1v) is 5.54. The summed E-state index contributed by atoms with van der Waals surface area (Å²) in [6, 6.07) is 5.58. The summed E-state index contributed by atoms with van der Waals surface area (Å²) in [6.45, 7) is 7.82. The highest BCUT2D eigenvalue weighted by molar-refractivity contribution is 5.88. The van der Waals surface area contributed by atoms with Gasteiger partial charge in [-0.25, -0.2) is 14.3 Å². The Labute approximate surface area is 99.9 Å². The number of aryl methyl sites for hydroxylation is 1. The molecule has 0 radical (unpaired) electrons. The second kappa shape index (κ2) is 3.58. The van der Waals surface area contributed by atoms with Gasteiger partial charge >= 0.3 is 6.09 Å². The number of aromatic nitrogens is 2. The Bertz CT molecular complexity index is 591. The second-order valence-electron chi connectivity index (χ2n) is 5.25. The van der Waals surface area contributed by atoms with Crippen molar-refractivity contribution in [2.24, 2.45) is 0 Å². The molecular formula is C13H16N2O2. The van der Waals surface area contributed by atoms with Crippen molar-refractivity contribution in [2.45, 2.75) is 33.1 Å². The minimum atomic E-state index is -0.983. The van der Waals surface area contributed by atoms with Crippen LogP contribution in [0.3, 0.4) is 0 Å². The highest BCUT2D eigenvalue weighted by Gasteiger charge is 2.26. The first kappa shape index (κ1) is 11.6. The van der Waals surface area contributed by atoms with E-state index in [0.717, 1.165) is 11.1 Å². The summed E-state index contributed by atoms with van der Waals surface area (Å²) in [5.41, 5.74) is 2.11. The molecule has 0 saturated heterocycles. The predicted molar refractivity (Wildman–Crippen MR) is 66.6 cm³/mol. The van der Waals surface area contributed by atoms with Gasteiger partial charge in [-0.3, -0.25) is 0 Å². The van der Waals surface area contributed by atoms with Gasteiger partial charge in [-0.05, 0) is 18.6 Å². The van der Waals surface area contributed by atoms with E-state index in [9.17, 15) is 9.90 Å². The largest absolute Gasteiger partial charge is 0.464 e. The number of hydrogen-bond acceptors (Lipinski definition) is 2. The van der Waals surface area contributed by atoms with Crippen molar-refractivity contribution in [1.82, 2.24) is 9.55 Å². The van der Waals surface area contributed by atoms with E-state index in [1.165, 1.54) is 4.57 Å². The molecule has 0 unspecified atom stereocenters. The third-order valence-electron chi connectivity index (χ3n) is 2.75. The molecule has 90 valence electrons. The lowest BCUT2D eigenvalue weighted by Gasteiger charge is -2.17. The number of imidazole rings is 1. The molecule has 2 rings (SSSR count). The number of rotatable bonds is 0. The fraction of sp³-hybridized carbons (Fsp3) is 0.385. The van der Waals surface area contributed by atoms with Crippen LogP contribution in [0, 0.1) is 6.92 Å². The van der Waals surface area contributed by atoms with Crippen LogP contribution in [0.5, 0.6) is 0 Å². The van der Waals surface area contributed by atoms with E-state index in [-0.39, 0.29) is 5.41 Å². The van der Waals surface area contributed by atoms with Crippen LogP contribution in [0.1, 0.15) is 32.2 Å². The molecule has 0 atom stereocenters. The maximum atomic E-state index is 11.4. The van der Waals surface area contributed by atoms with Crippen molar-refractivity contribution in [3.05, 3.63) is 29.6 Å². The van der Waals surface area contributed by atoms with Gasteiger partial charge in [0.2, 0.25) is 0 Å². The quantitative estimate of drug-likeness (QED) is 0.759. The van der Waals surface area contributed by atoms with E-state index < -0.39 is 6.09 Å². The molecule has 0 aliphatic rings. The summed E-state index contributed by atoms with van der Waals surface area (Å²) in [5, 5.41) is 9.33. The summed E-state index contributed by atoms with van der Waals surface area (Å²) in [6.07, 6.45) is -0.983. The van der Waals surface area contributed by atoms with Gasteiger partial charge in [-0.2, -0.15) is 0 Å². The van der Waals surface area contributed by atoms with E-state index in [1.54, 1.807) is 6.07 Å². The monoisotopic (exact) mass is 232 g/mol. The van der Waals surface area contributed by atoms with Crippen LogP contribution < -0.4 is 0 Å². The van der Waals surface area contributed by atoms with Gasteiger partial charge in [0.15, 0.2) is 0 Å². The third kappa shape index (κ3) is 1.79. The highest BCUT2D eigenvalue weighted by Crippen LogP contribution is 2.27. The number of carboxylic acid groups (broad SMARTS) is 1. The van der Waals surface area contributed by atoms with Gasteiger partial charge in [0.25, 0.3) is 0 Å². The van der Waals surface area contributed by atoms with Crippen LogP contribution in [0.2, 0.25) is 0 Å². The fourth-order valence-corrected chi connectivity index (χ4v) is 1.94. The Morgan fingerprint density at radius 1 is 1.35 bits per heavy atom. The van der Waals surface area contributed by atoms with Gasteiger partial charge in [-0.15, -0.1) is 0 Å². The third-order valence-corrected chi connectivity index (χ3v) is 2.75. The van der Waals surface area contributed by atoms with Crippen LogP contribution in [0.25, 0.3) is 11.0 Å². The lowest BCUT2D eigenvalue weighted by molar-refractivity contribution is 0.195. The van der Waals surface area contributed by atoms with Crippen LogP contribution in [0.15, 0.2) is 18.2 Å². The summed E-state index contributed by atoms with van der Waals surface area (Å²) in [7, 11) is 0. The van der Waals surface area contributed by atoms with E-state index in [1.807, 2.05) is 39.8 Å². The van der Waals surface area contributed by atoms with Crippen LogP contribution in [0.4, 0.5) is 4.79 Å².